The molecule has 0 aromatic carbocycles. The maximum absolute atomic E-state index is 5.45. The first kappa shape index (κ1) is 12.5. The lowest BCUT2D eigenvalue weighted by Gasteiger charge is -2.12. The Labute approximate surface area is 101 Å². The minimum Gasteiger partial charge on any atom is -0.383 e. The molecule has 0 saturated carbocycles. The van der Waals surface area contributed by atoms with E-state index < -0.39 is 0 Å². The largest absolute Gasteiger partial charge is 0.383 e. The first-order valence-electron chi connectivity index (χ1n) is 6.00. The van der Waals surface area contributed by atoms with Gasteiger partial charge in [-0.25, -0.2) is 4.68 Å². The molecule has 0 amide bonds. The SMILES string of the molecule is CNCc1nnn(CCOC)c1C1CCOC1. The van der Waals surface area contributed by atoms with Crippen LogP contribution in [0.2, 0.25) is 0 Å². The standard InChI is InChI=1S/C11H20N4O2/c1-12-7-10-11(9-3-5-17-8-9)15(14-13-10)4-6-16-2/h9,12H,3-8H2,1-2H3. The van der Waals surface area contributed by atoms with Crippen LogP contribution < -0.4 is 5.32 Å². The van der Waals surface area contributed by atoms with Gasteiger partial charge < -0.3 is 14.8 Å². The van der Waals surface area contributed by atoms with E-state index in [4.69, 9.17) is 9.47 Å². The predicted molar refractivity (Wildman–Crippen MR) is 62.8 cm³/mol. The summed E-state index contributed by atoms with van der Waals surface area (Å²) >= 11 is 0. The summed E-state index contributed by atoms with van der Waals surface area (Å²) in [6, 6.07) is 0. The van der Waals surface area contributed by atoms with Crippen LogP contribution in [0.3, 0.4) is 0 Å². The summed E-state index contributed by atoms with van der Waals surface area (Å²) < 4.78 is 12.5. The molecule has 0 aliphatic carbocycles. The van der Waals surface area contributed by atoms with Crippen molar-refractivity contribution in [2.45, 2.75) is 25.4 Å². The number of hydrogen-bond donors (Lipinski definition) is 1. The van der Waals surface area contributed by atoms with Gasteiger partial charge in [-0.1, -0.05) is 5.21 Å². The van der Waals surface area contributed by atoms with E-state index in [2.05, 4.69) is 15.6 Å². The Morgan fingerprint density at radius 1 is 1.59 bits per heavy atom. The third-order valence-electron chi connectivity index (χ3n) is 3.01. The molecule has 1 N–H and O–H groups in total. The fourth-order valence-corrected chi connectivity index (χ4v) is 2.19. The van der Waals surface area contributed by atoms with Gasteiger partial charge in [0, 0.05) is 26.2 Å². The van der Waals surface area contributed by atoms with Crippen LogP contribution >= 0.6 is 0 Å². The van der Waals surface area contributed by atoms with Crippen molar-refractivity contribution in [3.05, 3.63) is 11.4 Å². The van der Waals surface area contributed by atoms with E-state index in [-0.39, 0.29) is 0 Å². The molecule has 1 unspecified atom stereocenters. The van der Waals surface area contributed by atoms with Gasteiger partial charge in [0.25, 0.3) is 0 Å². The van der Waals surface area contributed by atoms with Crippen LogP contribution in [0.1, 0.15) is 23.7 Å². The Kier molecular flexibility index (Phi) is 4.47. The molecule has 0 radical (unpaired) electrons. The Bertz CT molecular complexity index is 347. The van der Waals surface area contributed by atoms with Gasteiger partial charge in [0.15, 0.2) is 0 Å². The second-order valence-electron chi connectivity index (χ2n) is 4.23. The molecule has 2 heterocycles. The molecule has 17 heavy (non-hydrogen) atoms. The van der Waals surface area contributed by atoms with E-state index in [1.807, 2.05) is 11.7 Å². The smallest absolute Gasteiger partial charge is 0.100 e. The molecule has 0 spiro atoms. The number of nitrogens with one attached hydrogen (secondary N) is 1. The highest BCUT2D eigenvalue weighted by Gasteiger charge is 2.25. The number of aromatic nitrogens is 3. The fourth-order valence-electron chi connectivity index (χ4n) is 2.19. The average Bonchev–Trinajstić information content (AvgIpc) is 2.95. The van der Waals surface area contributed by atoms with Gasteiger partial charge in [-0.15, -0.1) is 5.10 Å². The van der Waals surface area contributed by atoms with Crippen molar-refractivity contribution in [3.8, 4) is 0 Å². The van der Waals surface area contributed by atoms with E-state index in [1.54, 1.807) is 7.11 Å². The lowest BCUT2D eigenvalue weighted by molar-refractivity contribution is 0.178. The topological polar surface area (TPSA) is 61.2 Å². The molecule has 1 atom stereocenters. The number of hydrogen-bond acceptors (Lipinski definition) is 5. The van der Waals surface area contributed by atoms with E-state index in [0.29, 0.717) is 12.5 Å². The average molecular weight is 240 g/mol. The van der Waals surface area contributed by atoms with E-state index in [1.165, 1.54) is 5.69 Å². The lowest BCUT2D eigenvalue weighted by atomic mass is 10.0. The highest BCUT2D eigenvalue weighted by atomic mass is 16.5. The van der Waals surface area contributed by atoms with Crippen LogP contribution in [-0.2, 0) is 22.6 Å². The Hall–Kier alpha value is -0.980. The summed E-state index contributed by atoms with van der Waals surface area (Å²) in [5.74, 6) is 0.421. The maximum atomic E-state index is 5.45. The fraction of sp³-hybridized carbons (Fsp3) is 0.818. The zero-order valence-corrected chi connectivity index (χ0v) is 10.5. The van der Waals surface area contributed by atoms with Crippen molar-refractivity contribution in [2.75, 3.05) is 34.0 Å². The third-order valence-corrected chi connectivity index (χ3v) is 3.01. The van der Waals surface area contributed by atoms with Gasteiger partial charge in [0.1, 0.15) is 5.69 Å². The third kappa shape index (κ3) is 2.83. The van der Waals surface area contributed by atoms with Crippen molar-refractivity contribution < 1.29 is 9.47 Å². The summed E-state index contributed by atoms with van der Waals surface area (Å²) in [5, 5.41) is 11.6. The first-order valence-corrected chi connectivity index (χ1v) is 6.00. The van der Waals surface area contributed by atoms with Crippen molar-refractivity contribution in [1.29, 1.82) is 0 Å². The molecular weight excluding hydrogens is 220 g/mol. The molecule has 96 valence electrons. The first-order chi connectivity index (χ1) is 8.36. The Morgan fingerprint density at radius 2 is 2.47 bits per heavy atom. The van der Waals surface area contributed by atoms with Crippen LogP contribution in [0.25, 0.3) is 0 Å². The molecule has 1 aliphatic heterocycles. The number of rotatable bonds is 6. The number of nitrogens with zero attached hydrogens (tertiary/aromatic N) is 3. The predicted octanol–water partition coefficient (Wildman–Crippen LogP) is 0.148. The maximum Gasteiger partial charge on any atom is 0.100 e. The Balaban J connectivity index is 2.18. The molecule has 0 bridgehead atoms. The van der Waals surface area contributed by atoms with Crippen LogP contribution in [-0.4, -0.2) is 49.0 Å². The summed E-state index contributed by atoms with van der Waals surface area (Å²) in [7, 11) is 3.62. The van der Waals surface area contributed by atoms with E-state index >= 15 is 0 Å². The quantitative estimate of drug-likeness (QED) is 0.767. The minimum atomic E-state index is 0.421. The minimum absolute atomic E-state index is 0.421. The highest BCUT2D eigenvalue weighted by Crippen LogP contribution is 2.26. The molecule has 1 fully saturated rings. The van der Waals surface area contributed by atoms with Gasteiger partial charge in [0.05, 0.1) is 25.5 Å². The molecule has 2 rings (SSSR count). The zero-order chi connectivity index (χ0) is 12.1. The molecular formula is C11H20N4O2. The Morgan fingerprint density at radius 3 is 3.12 bits per heavy atom. The summed E-state index contributed by atoms with van der Waals surface area (Å²) in [6.07, 6.45) is 1.05. The van der Waals surface area contributed by atoms with Crippen molar-refractivity contribution in [1.82, 2.24) is 20.3 Å². The van der Waals surface area contributed by atoms with E-state index in [9.17, 15) is 0 Å². The van der Waals surface area contributed by atoms with Crippen LogP contribution in [0.5, 0.6) is 0 Å². The van der Waals surface area contributed by atoms with Crippen molar-refractivity contribution >= 4 is 0 Å². The van der Waals surface area contributed by atoms with Crippen molar-refractivity contribution in [2.24, 2.45) is 0 Å². The molecule has 1 aromatic heterocycles. The van der Waals surface area contributed by atoms with Crippen molar-refractivity contribution in [3.63, 3.8) is 0 Å². The normalized spacial score (nSPS) is 20.0. The molecule has 6 heteroatoms. The molecule has 1 saturated heterocycles. The summed E-state index contributed by atoms with van der Waals surface area (Å²) in [6.45, 7) is 3.76. The van der Waals surface area contributed by atoms with Gasteiger partial charge in [-0.05, 0) is 13.5 Å². The lowest BCUT2D eigenvalue weighted by Crippen LogP contribution is -2.16. The van der Waals surface area contributed by atoms with E-state index in [0.717, 1.165) is 38.4 Å². The number of methoxy groups -OCH3 is 1. The van der Waals surface area contributed by atoms with Gasteiger partial charge >= 0.3 is 0 Å². The zero-order valence-electron chi connectivity index (χ0n) is 10.5. The van der Waals surface area contributed by atoms with Gasteiger partial charge in [0.2, 0.25) is 0 Å². The van der Waals surface area contributed by atoms with Crippen LogP contribution in [0.4, 0.5) is 0 Å². The number of ether oxygens (including phenoxy) is 2. The van der Waals surface area contributed by atoms with Gasteiger partial charge in [-0.3, -0.25) is 0 Å². The molecule has 1 aliphatic rings. The summed E-state index contributed by atoms with van der Waals surface area (Å²) in [5.41, 5.74) is 2.23. The molecule has 6 nitrogen and oxygen atoms in total. The second kappa shape index (κ2) is 6.09. The highest BCUT2D eigenvalue weighted by molar-refractivity contribution is 5.17. The monoisotopic (exact) mass is 240 g/mol. The molecule has 1 aromatic rings. The van der Waals surface area contributed by atoms with Gasteiger partial charge in [-0.2, -0.15) is 0 Å². The van der Waals surface area contributed by atoms with Crippen LogP contribution in [0.15, 0.2) is 0 Å². The summed E-state index contributed by atoms with van der Waals surface area (Å²) in [4.78, 5) is 0. The van der Waals surface area contributed by atoms with Crippen LogP contribution in [0, 0.1) is 0 Å². The second-order valence-corrected chi connectivity index (χ2v) is 4.23.